The molecular formula is C14H21NO3. The molecule has 0 fully saturated rings. The molecule has 18 heavy (non-hydrogen) atoms. The summed E-state index contributed by atoms with van der Waals surface area (Å²) in [5.74, 6) is 0.544. The van der Waals surface area contributed by atoms with Gasteiger partial charge >= 0.3 is 5.97 Å². The van der Waals surface area contributed by atoms with E-state index in [2.05, 4.69) is 5.32 Å². The summed E-state index contributed by atoms with van der Waals surface area (Å²) in [6.45, 7) is 4.95. The Morgan fingerprint density at radius 1 is 1.33 bits per heavy atom. The number of likely N-dealkylation sites (N-methyl/N-ethyl adjacent to an activating group) is 1. The zero-order valence-electron chi connectivity index (χ0n) is 11.2. The molecule has 0 saturated carbocycles. The summed E-state index contributed by atoms with van der Waals surface area (Å²) < 4.78 is 10.4. The minimum Gasteiger partial charge on any atom is -0.494 e. The minimum atomic E-state index is -0.696. The van der Waals surface area contributed by atoms with Crippen molar-refractivity contribution in [3.8, 4) is 5.75 Å². The number of benzene rings is 1. The molecule has 0 aromatic heterocycles. The highest BCUT2D eigenvalue weighted by Crippen LogP contribution is 2.14. The standard InChI is InChI=1S/C14H21NO3/c1-4-15-14(2,13(16)17-3)10-11-18-12-8-6-5-7-9-12/h5-9,15H,4,10-11H2,1-3H3. The van der Waals surface area contributed by atoms with Crippen LogP contribution in [0.4, 0.5) is 0 Å². The first kappa shape index (κ1) is 14.5. The average Bonchev–Trinajstić information content (AvgIpc) is 2.39. The first-order valence-electron chi connectivity index (χ1n) is 6.13. The molecule has 0 saturated heterocycles. The number of para-hydroxylation sites is 1. The number of methoxy groups -OCH3 is 1. The van der Waals surface area contributed by atoms with Gasteiger partial charge < -0.3 is 14.8 Å². The van der Waals surface area contributed by atoms with E-state index in [1.807, 2.05) is 44.2 Å². The molecule has 0 bridgehead atoms. The lowest BCUT2D eigenvalue weighted by Crippen LogP contribution is -2.51. The topological polar surface area (TPSA) is 47.6 Å². The van der Waals surface area contributed by atoms with Crippen LogP contribution in [0.1, 0.15) is 20.3 Å². The van der Waals surface area contributed by atoms with Crippen molar-refractivity contribution < 1.29 is 14.3 Å². The molecule has 0 amide bonds. The molecule has 1 rings (SSSR count). The summed E-state index contributed by atoms with van der Waals surface area (Å²) >= 11 is 0. The maximum atomic E-state index is 11.7. The lowest BCUT2D eigenvalue weighted by atomic mass is 9.98. The smallest absolute Gasteiger partial charge is 0.325 e. The maximum absolute atomic E-state index is 11.7. The molecule has 0 aliphatic heterocycles. The highest BCUT2D eigenvalue weighted by atomic mass is 16.5. The second kappa shape index (κ2) is 7.01. The van der Waals surface area contributed by atoms with E-state index in [-0.39, 0.29) is 5.97 Å². The summed E-state index contributed by atoms with van der Waals surface area (Å²) in [7, 11) is 1.40. The lowest BCUT2D eigenvalue weighted by molar-refractivity contribution is -0.148. The third-order valence-corrected chi connectivity index (χ3v) is 2.82. The number of nitrogens with one attached hydrogen (secondary N) is 1. The van der Waals surface area contributed by atoms with Crippen molar-refractivity contribution in [3.63, 3.8) is 0 Å². The molecule has 1 N–H and O–H groups in total. The van der Waals surface area contributed by atoms with Crippen LogP contribution >= 0.6 is 0 Å². The Kier molecular flexibility index (Phi) is 5.65. The number of hydrogen-bond acceptors (Lipinski definition) is 4. The van der Waals surface area contributed by atoms with Crippen LogP contribution in [0, 0.1) is 0 Å². The number of carbonyl (C=O) groups excluding carboxylic acids is 1. The highest BCUT2D eigenvalue weighted by Gasteiger charge is 2.33. The van der Waals surface area contributed by atoms with Gasteiger partial charge in [-0.05, 0) is 25.6 Å². The van der Waals surface area contributed by atoms with Crippen molar-refractivity contribution in [2.45, 2.75) is 25.8 Å². The van der Waals surface area contributed by atoms with Crippen LogP contribution < -0.4 is 10.1 Å². The van der Waals surface area contributed by atoms with E-state index in [0.29, 0.717) is 19.6 Å². The largest absolute Gasteiger partial charge is 0.494 e. The van der Waals surface area contributed by atoms with E-state index < -0.39 is 5.54 Å². The van der Waals surface area contributed by atoms with Gasteiger partial charge in [0.1, 0.15) is 11.3 Å². The van der Waals surface area contributed by atoms with Crippen LogP contribution in [0.2, 0.25) is 0 Å². The fourth-order valence-electron chi connectivity index (χ4n) is 1.77. The molecule has 0 spiro atoms. The number of ether oxygens (including phenoxy) is 2. The van der Waals surface area contributed by atoms with E-state index in [9.17, 15) is 4.79 Å². The molecule has 0 aliphatic rings. The molecular weight excluding hydrogens is 230 g/mol. The molecule has 4 heteroatoms. The van der Waals surface area contributed by atoms with Crippen molar-refractivity contribution in [2.24, 2.45) is 0 Å². The number of esters is 1. The maximum Gasteiger partial charge on any atom is 0.325 e. The van der Waals surface area contributed by atoms with Crippen LogP contribution in [-0.2, 0) is 9.53 Å². The van der Waals surface area contributed by atoms with Gasteiger partial charge in [-0.25, -0.2) is 0 Å². The SMILES string of the molecule is CCNC(C)(CCOc1ccccc1)C(=O)OC. The van der Waals surface area contributed by atoms with Gasteiger partial charge in [0.25, 0.3) is 0 Å². The van der Waals surface area contributed by atoms with Crippen LogP contribution in [0.5, 0.6) is 5.75 Å². The Balaban J connectivity index is 2.50. The molecule has 1 aromatic rings. The van der Waals surface area contributed by atoms with E-state index in [4.69, 9.17) is 9.47 Å². The van der Waals surface area contributed by atoms with Crippen molar-refractivity contribution in [1.82, 2.24) is 5.32 Å². The molecule has 1 unspecified atom stereocenters. The van der Waals surface area contributed by atoms with Crippen LogP contribution in [0.25, 0.3) is 0 Å². The van der Waals surface area contributed by atoms with Crippen molar-refractivity contribution >= 4 is 5.97 Å². The first-order chi connectivity index (χ1) is 8.62. The van der Waals surface area contributed by atoms with E-state index in [1.165, 1.54) is 7.11 Å². The number of rotatable bonds is 7. The summed E-state index contributed by atoms with van der Waals surface area (Å²) in [6.07, 6.45) is 0.558. The summed E-state index contributed by atoms with van der Waals surface area (Å²) in [6, 6.07) is 9.55. The van der Waals surface area contributed by atoms with Gasteiger partial charge in [-0.2, -0.15) is 0 Å². The second-order valence-corrected chi connectivity index (χ2v) is 4.27. The van der Waals surface area contributed by atoms with Crippen LogP contribution in [-0.4, -0.2) is 31.8 Å². The first-order valence-corrected chi connectivity index (χ1v) is 6.13. The fraction of sp³-hybridized carbons (Fsp3) is 0.500. The van der Waals surface area contributed by atoms with E-state index in [0.717, 1.165) is 5.75 Å². The molecule has 0 radical (unpaired) electrons. The van der Waals surface area contributed by atoms with Gasteiger partial charge in [0.05, 0.1) is 13.7 Å². The third kappa shape index (κ3) is 4.04. The zero-order chi connectivity index (χ0) is 13.4. The zero-order valence-corrected chi connectivity index (χ0v) is 11.2. The third-order valence-electron chi connectivity index (χ3n) is 2.82. The Hall–Kier alpha value is -1.55. The Morgan fingerprint density at radius 3 is 2.56 bits per heavy atom. The molecule has 100 valence electrons. The highest BCUT2D eigenvalue weighted by molar-refractivity contribution is 5.80. The van der Waals surface area contributed by atoms with Gasteiger partial charge in [0.15, 0.2) is 0 Å². The normalized spacial score (nSPS) is 13.7. The van der Waals surface area contributed by atoms with Crippen molar-refractivity contribution in [2.75, 3.05) is 20.3 Å². The predicted octanol–water partition coefficient (Wildman–Crippen LogP) is 2.00. The quantitative estimate of drug-likeness (QED) is 0.753. The molecule has 0 aliphatic carbocycles. The van der Waals surface area contributed by atoms with Crippen molar-refractivity contribution in [1.29, 1.82) is 0 Å². The fourth-order valence-corrected chi connectivity index (χ4v) is 1.77. The van der Waals surface area contributed by atoms with Crippen LogP contribution in [0.3, 0.4) is 0 Å². The average molecular weight is 251 g/mol. The van der Waals surface area contributed by atoms with E-state index >= 15 is 0 Å². The van der Waals surface area contributed by atoms with Gasteiger partial charge in [0.2, 0.25) is 0 Å². The second-order valence-electron chi connectivity index (χ2n) is 4.27. The van der Waals surface area contributed by atoms with Gasteiger partial charge in [-0.3, -0.25) is 4.79 Å². The van der Waals surface area contributed by atoms with Gasteiger partial charge in [0, 0.05) is 6.42 Å². The molecule has 1 atom stereocenters. The molecule has 0 heterocycles. The summed E-state index contributed by atoms with van der Waals surface area (Å²) in [4.78, 5) is 11.7. The predicted molar refractivity (Wildman–Crippen MR) is 70.7 cm³/mol. The molecule has 4 nitrogen and oxygen atoms in total. The summed E-state index contributed by atoms with van der Waals surface area (Å²) in [5, 5.41) is 3.14. The monoisotopic (exact) mass is 251 g/mol. The Bertz CT molecular complexity index is 367. The summed E-state index contributed by atoms with van der Waals surface area (Å²) in [5.41, 5.74) is -0.696. The Labute approximate surface area is 108 Å². The van der Waals surface area contributed by atoms with E-state index in [1.54, 1.807) is 0 Å². The van der Waals surface area contributed by atoms with Gasteiger partial charge in [-0.1, -0.05) is 25.1 Å². The molecule has 1 aromatic carbocycles. The lowest BCUT2D eigenvalue weighted by Gasteiger charge is -2.27. The number of hydrogen-bond donors (Lipinski definition) is 1. The number of carbonyl (C=O) groups is 1. The van der Waals surface area contributed by atoms with Crippen LogP contribution in [0.15, 0.2) is 30.3 Å². The minimum absolute atomic E-state index is 0.263. The van der Waals surface area contributed by atoms with Gasteiger partial charge in [-0.15, -0.1) is 0 Å². The van der Waals surface area contributed by atoms with Crippen molar-refractivity contribution in [3.05, 3.63) is 30.3 Å². The Morgan fingerprint density at radius 2 is 2.00 bits per heavy atom.